The second kappa shape index (κ2) is 6.77. The van der Waals surface area contributed by atoms with E-state index < -0.39 is 0 Å². The van der Waals surface area contributed by atoms with Gasteiger partial charge in [-0.1, -0.05) is 6.07 Å². The fourth-order valence-electron chi connectivity index (χ4n) is 5.02. The maximum atomic E-state index is 12.3. The van der Waals surface area contributed by atoms with E-state index in [0.717, 1.165) is 80.3 Å². The van der Waals surface area contributed by atoms with Gasteiger partial charge in [-0.05, 0) is 56.7 Å². The first kappa shape index (κ1) is 18.8. The molecule has 160 valence electrons. The maximum Gasteiger partial charge on any atom is 0.226 e. The molecule has 2 aromatic rings. The first-order chi connectivity index (χ1) is 15.0. The molecule has 4 heterocycles. The van der Waals surface area contributed by atoms with Crippen LogP contribution in [0.4, 0.5) is 5.82 Å². The zero-order chi connectivity index (χ0) is 21.1. The second-order valence-electron chi connectivity index (χ2n) is 9.57. The lowest BCUT2D eigenvalue weighted by Gasteiger charge is -2.37. The van der Waals surface area contributed by atoms with E-state index in [-0.39, 0.29) is 16.9 Å². The number of amides is 1. The number of ether oxygens (including phenoxy) is 1. The Morgan fingerprint density at radius 3 is 2.65 bits per heavy atom. The van der Waals surface area contributed by atoms with Gasteiger partial charge in [0.15, 0.2) is 0 Å². The number of aliphatic imine (C=N–C) groups is 1. The monoisotopic (exact) mass is 417 g/mol. The largest absolute Gasteiger partial charge is 0.488 e. The van der Waals surface area contributed by atoms with Crippen molar-refractivity contribution in [3.05, 3.63) is 47.4 Å². The third kappa shape index (κ3) is 3.27. The van der Waals surface area contributed by atoms with E-state index in [9.17, 15) is 4.79 Å². The van der Waals surface area contributed by atoms with Crippen LogP contribution < -0.4 is 15.0 Å². The number of nitrogens with zero attached hydrogens (tertiary/aromatic N) is 4. The summed E-state index contributed by atoms with van der Waals surface area (Å²) < 4.78 is 6.17. The Balaban J connectivity index is 1.23. The third-order valence-corrected chi connectivity index (χ3v) is 7.37. The molecule has 3 fully saturated rings. The SMILES string of the molecule is CC1(Oc2ccc3c(c2)C(c2cc(N4CCC5(CCNC5=O)CC4)ncn2)=NC3)CC1. The molecular weight excluding hydrogens is 390 g/mol. The van der Waals surface area contributed by atoms with Gasteiger partial charge in [0.2, 0.25) is 5.91 Å². The lowest BCUT2D eigenvalue weighted by atomic mass is 9.77. The molecule has 1 aromatic carbocycles. The summed E-state index contributed by atoms with van der Waals surface area (Å²) >= 11 is 0. The summed E-state index contributed by atoms with van der Waals surface area (Å²) in [5.74, 6) is 2.04. The fraction of sp³-hybridized carbons (Fsp3) is 0.500. The minimum atomic E-state index is -0.171. The Hall–Kier alpha value is -2.96. The van der Waals surface area contributed by atoms with Gasteiger partial charge in [0.1, 0.15) is 23.5 Å². The molecule has 1 aromatic heterocycles. The van der Waals surface area contributed by atoms with Gasteiger partial charge < -0.3 is 15.0 Å². The number of anilines is 1. The Kier molecular flexibility index (Phi) is 4.10. The molecule has 1 spiro atoms. The number of hydrogen-bond acceptors (Lipinski definition) is 6. The average molecular weight is 418 g/mol. The number of aromatic nitrogens is 2. The summed E-state index contributed by atoms with van der Waals surface area (Å²) in [6.07, 6.45) is 6.55. The van der Waals surface area contributed by atoms with Gasteiger partial charge in [-0.25, -0.2) is 9.97 Å². The standard InChI is InChI=1S/C24H27N5O2/c1-23(4-5-23)31-17-3-2-16-14-26-21(18(16)12-17)19-13-20(28-15-27-19)29-10-7-24(8-11-29)6-9-25-22(24)30/h2-3,12-13,15H,4-11,14H2,1H3,(H,25,30). The summed E-state index contributed by atoms with van der Waals surface area (Å²) in [4.78, 5) is 28.4. The van der Waals surface area contributed by atoms with Crippen LogP contribution in [-0.4, -0.2) is 46.8 Å². The molecule has 0 atom stereocenters. The molecule has 0 unspecified atom stereocenters. The maximum absolute atomic E-state index is 12.3. The molecule has 1 aliphatic carbocycles. The predicted octanol–water partition coefficient (Wildman–Crippen LogP) is 2.87. The lowest BCUT2D eigenvalue weighted by Crippen LogP contribution is -2.44. The number of nitrogens with one attached hydrogen (secondary N) is 1. The van der Waals surface area contributed by atoms with Crippen molar-refractivity contribution in [2.45, 2.75) is 51.2 Å². The summed E-state index contributed by atoms with van der Waals surface area (Å²) in [6, 6.07) is 8.31. The highest BCUT2D eigenvalue weighted by Gasteiger charge is 2.44. The molecule has 1 amide bonds. The van der Waals surface area contributed by atoms with E-state index in [1.165, 1.54) is 5.56 Å². The first-order valence-electron chi connectivity index (χ1n) is 11.3. The van der Waals surface area contributed by atoms with Crippen molar-refractivity contribution in [3.8, 4) is 5.75 Å². The second-order valence-corrected chi connectivity index (χ2v) is 9.57. The van der Waals surface area contributed by atoms with Crippen LogP contribution in [0.3, 0.4) is 0 Å². The van der Waals surface area contributed by atoms with Crippen molar-refractivity contribution in [3.63, 3.8) is 0 Å². The lowest BCUT2D eigenvalue weighted by molar-refractivity contribution is -0.128. The van der Waals surface area contributed by atoms with Crippen LogP contribution in [0, 0.1) is 5.41 Å². The molecule has 3 aliphatic heterocycles. The molecule has 7 nitrogen and oxygen atoms in total. The number of carbonyl (C=O) groups is 1. The fourth-order valence-corrected chi connectivity index (χ4v) is 5.02. The summed E-state index contributed by atoms with van der Waals surface area (Å²) in [5.41, 5.74) is 3.89. The van der Waals surface area contributed by atoms with E-state index in [0.29, 0.717) is 6.54 Å². The average Bonchev–Trinajstić information content (AvgIpc) is 3.20. The van der Waals surface area contributed by atoms with E-state index >= 15 is 0 Å². The molecule has 0 bridgehead atoms. The van der Waals surface area contributed by atoms with Gasteiger partial charge in [0, 0.05) is 31.3 Å². The van der Waals surface area contributed by atoms with Crippen LogP contribution in [0.2, 0.25) is 0 Å². The zero-order valence-electron chi connectivity index (χ0n) is 17.9. The Bertz CT molecular complexity index is 1080. The highest BCUT2D eigenvalue weighted by molar-refractivity contribution is 6.14. The minimum absolute atomic E-state index is 0.00587. The normalized spacial score (nSPS) is 22.8. The van der Waals surface area contributed by atoms with Crippen molar-refractivity contribution in [2.24, 2.45) is 10.4 Å². The van der Waals surface area contributed by atoms with Gasteiger partial charge >= 0.3 is 0 Å². The molecular formula is C24H27N5O2. The van der Waals surface area contributed by atoms with Gasteiger partial charge in [-0.2, -0.15) is 0 Å². The topological polar surface area (TPSA) is 79.7 Å². The smallest absolute Gasteiger partial charge is 0.226 e. The van der Waals surface area contributed by atoms with Crippen LogP contribution in [0.5, 0.6) is 5.75 Å². The minimum Gasteiger partial charge on any atom is -0.488 e. The highest BCUT2D eigenvalue weighted by atomic mass is 16.5. The predicted molar refractivity (Wildman–Crippen MR) is 118 cm³/mol. The molecule has 2 saturated heterocycles. The van der Waals surface area contributed by atoms with Crippen LogP contribution in [0.25, 0.3) is 0 Å². The van der Waals surface area contributed by atoms with E-state index in [4.69, 9.17) is 9.73 Å². The quantitative estimate of drug-likeness (QED) is 0.828. The van der Waals surface area contributed by atoms with Crippen LogP contribution >= 0.6 is 0 Å². The van der Waals surface area contributed by atoms with Crippen LogP contribution in [-0.2, 0) is 11.3 Å². The molecule has 4 aliphatic rings. The van der Waals surface area contributed by atoms with E-state index in [1.54, 1.807) is 6.33 Å². The number of carbonyl (C=O) groups excluding carboxylic acids is 1. The van der Waals surface area contributed by atoms with E-state index in [1.807, 2.05) is 6.07 Å². The van der Waals surface area contributed by atoms with Crippen molar-refractivity contribution in [1.29, 1.82) is 0 Å². The number of benzene rings is 1. The number of rotatable bonds is 4. The summed E-state index contributed by atoms with van der Waals surface area (Å²) in [5, 5.41) is 3.00. The van der Waals surface area contributed by atoms with Gasteiger partial charge in [-0.3, -0.25) is 9.79 Å². The Labute approximate surface area is 181 Å². The Morgan fingerprint density at radius 2 is 1.90 bits per heavy atom. The van der Waals surface area contributed by atoms with Crippen LogP contribution in [0.1, 0.15) is 55.8 Å². The molecule has 0 radical (unpaired) electrons. The first-order valence-corrected chi connectivity index (χ1v) is 11.3. The van der Waals surface area contributed by atoms with Crippen molar-refractivity contribution in [2.75, 3.05) is 24.5 Å². The van der Waals surface area contributed by atoms with Crippen molar-refractivity contribution in [1.82, 2.24) is 15.3 Å². The highest BCUT2D eigenvalue weighted by Crippen LogP contribution is 2.41. The zero-order valence-corrected chi connectivity index (χ0v) is 17.9. The van der Waals surface area contributed by atoms with Crippen LogP contribution in [0.15, 0.2) is 35.6 Å². The molecule has 7 heteroatoms. The molecule has 6 rings (SSSR count). The van der Waals surface area contributed by atoms with E-state index in [2.05, 4.69) is 45.3 Å². The Morgan fingerprint density at radius 1 is 1.06 bits per heavy atom. The number of fused-ring (bicyclic) bond motifs is 1. The molecule has 1 N–H and O–H groups in total. The number of hydrogen-bond donors (Lipinski definition) is 1. The molecule has 1 saturated carbocycles. The third-order valence-electron chi connectivity index (χ3n) is 7.37. The summed E-state index contributed by atoms with van der Waals surface area (Å²) in [7, 11) is 0. The van der Waals surface area contributed by atoms with Gasteiger partial charge in [0.05, 0.1) is 23.4 Å². The summed E-state index contributed by atoms with van der Waals surface area (Å²) in [6.45, 7) is 5.31. The molecule has 31 heavy (non-hydrogen) atoms. The van der Waals surface area contributed by atoms with Crippen molar-refractivity contribution >= 4 is 17.4 Å². The van der Waals surface area contributed by atoms with Gasteiger partial charge in [0.25, 0.3) is 0 Å². The number of piperidine rings is 1. The van der Waals surface area contributed by atoms with Crippen molar-refractivity contribution < 1.29 is 9.53 Å². The van der Waals surface area contributed by atoms with Gasteiger partial charge in [-0.15, -0.1) is 0 Å².